The summed E-state index contributed by atoms with van der Waals surface area (Å²) >= 11 is 0. The summed E-state index contributed by atoms with van der Waals surface area (Å²) in [5.74, 6) is -3.68. The molecule has 0 unspecified atom stereocenters. The first-order valence-electron chi connectivity index (χ1n) is 2.39. The molecule has 4 heteroatoms. The largest absolute Gasteiger partial charge is 0.354 e. The fourth-order valence-corrected chi connectivity index (χ4v) is 0.344. The van der Waals surface area contributed by atoms with Gasteiger partial charge in [0.1, 0.15) is 0 Å². The number of carbonyl (C=O) groups is 1. The van der Waals surface area contributed by atoms with Crippen molar-refractivity contribution in [2.75, 3.05) is 0 Å². The Kier molecular flexibility index (Phi) is 2.55. The average Bonchev–Trinajstić information content (AvgIpc) is 1.62. The molecule has 0 saturated carbocycles. The van der Waals surface area contributed by atoms with E-state index in [-0.39, 0.29) is 0 Å². The van der Waals surface area contributed by atoms with Crippen LogP contribution in [0.4, 0.5) is 8.78 Å². The van der Waals surface area contributed by atoms with Gasteiger partial charge >= 0.3 is 0 Å². The summed E-state index contributed by atoms with van der Waals surface area (Å²) in [6.07, 6.45) is -0.795. The van der Waals surface area contributed by atoms with Crippen LogP contribution in [0.5, 0.6) is 0 Å². The molecule has 0 aromatic heterocycles. The molecule has 1 radical (unpaired) electrons. The van der Waals surface area contributed by atoms with Crippen LogP contribution in [0.15, 0.2) is 0 Å². The molecule has 0 aliphatic rings. The van der Waals surface area contributed by atoms with Gasteiger partial charge in [0.25, 0.3) is 5.92 Å². The Morgan fingerprint density at radius 3 is 2.33 bits per heavy atom. The monoisotopic (exact) mass is 136 g/mol. The van der Waals surface area contributed by atoms with E-state index in [4.69, 9.17) is 0 Å². The molecule has 0 rings (SSSR count). The molecule has 2 nitrogen and oxygen atoms in total. The van der Waals surface area contributed by atoms with Gasteiger partial charge in [-0.15, -0.1) is 0 Å². The molecule has 0 heterocycles. The quantitative estimate of drug-likeness (QED) is 0.601. The molecule has 1 amide bonds. The molecule has 0 aromatic carbocycles. The van der Waals surface area contributed by atoms with Crippen molar-refractivity contribution in [3.63, 3.8) is 0 Å². The molecule has 9 heavy (non-hydrogen) atoms. The molecular formula is C5H8F2NO. The van der Waals surface area contributed by atoms with Crippen molar-refractivity contribution in [2.24, 2.45) is 0 Å². The number of hydrogen-bond acceptors (Lipinski definition) is 1. The molecule has 0 aliphatic carbocycles. The SMILES string of the molecule is [CH2]NC(=O)CC(C)(F)F. The van der Waals surface area contributed by atoms with E-state index in [1.54, 1.807) is 0 Å². The van der Waals surface area contributed by atoms with E-state index >= 15 is 0 Å². The van der Waals surface area contributed by atoms with Gasteiger partial charge in [-0.2, -0.15) is 0 Å². The van der Waals surface area contributed by atoms with Crippen molar-refractivity contribution in [1.82, 2.24) is 5.32 Å². The fraction of sp³-hybridized carbons (Fsp3) is 0.600. The third kappa shape index (κ3) is 5.20. The number of halogens is 2. The summed E-state index contributed by atoms with van der Waals surface area (Å²) in [5.41, 5.74) is 0. The number of rotatable bonds is 2. The zero-order chi connectivity index (χ0) is 7.49. The lowest BCUT2D eigenvalue weighted by Crippen LogP contribution is -2.24. The van der Waals surface area contributed by atoms with Crippen LogP contribution in [-0.2, 0) is 4.79 Å². The summed E-state index contributed by atoms with van der Waals surface area (Å²) in [5, 5.41) is 1.85. The molecular weight excluding hydrogens is 128 g/mol. The molecule has 53 valence electrons. The van der Waals surface area contributed by atoms with Gasteiger partial charge in [0.15, 0.2) is 0 Å². The minimum Gasteiger partial charge on any atom is -0.354 e. The van der Waals surface area contributed by atoms with E-state index in [0.717, 1.165) is 0 Å². The van der Waals surface area contributed by atoms with E-state index in [1.807, 2.05) is 5.32 Å². The summed E-state index contributed by atoms with van der Waals surface area (Å²) in [6, 6.07) is 0. The van der Waals surface area contributed by atoms with Crippen molar-refractivity contribution >= 4 is 5.91 Å². The maximum Gasteiger partial charge on any atom is 0.254 e. The number of nitrogens with one attached hydrogen (secondary N) is 1. The van der Waals surface area contributed by atoms with E-state index in [9.17, 15) is 13.6 Å². The van der Waals surface area contributed by atoms with Crippen LogP contribution in [0, 0.1) is 7.05 Å². The molecule has 0 fully saturated rings. The second-order valence-corrected chi connectivity index (χ2v) is 1.85. The Balaban J connectivity index is 3.60. The zero-order valence-corrected chi connectivity index (χ0v) is 5.08. The minimum absolute atomic E-state index is 0.683. The van der Waals surface area contributed by atoms with E-state index in [0.29, 0.717) is 6.92 Å². The Morgan fingerprint density at radius 1 is 1.78 bits per heavy atom. The van der Waals surface area contributed by atoms with Gasteiger partial charge in [0.2, 0.25) is 5.91 Å². The molecule has 0 saturated heterocycles. The summed E-state index contributed by atoms with van der Waals surface area (Å²) < 4.78 is 23.7. The number of hydrogen-bond donors (Lipinski definition) is 1. The van der Waals surface area contributed by atoms with Crippen LogP contribution >= 0.6 is 0 Å². The Labute approximate surface area is 52.2 Å². The lowest BCUT2D eigenvalue weighted by Gasteiger charge is -2.06. The molecule has 0 atom stereocenters. The second-order valence-electron chi connectivity index (χ2n) is 1.85. The maximum absolute atomic E-state index is 11.9. The third-order valence-corrected chi connectivity index (χ3v) is 0.668. The second kappa shape index (κ2) is 2.75. The maximum atomic E-state index is 11.9. The van der Waals surface area contributed by atoms with E-state index < -0.39 is 18.3 Å². The normalized spacial score (nSPS) is 11.1. The fourth-order valence-electron chi connectivity index (χ4n) is 0.344. The van der Waals surface area contributed by atoms with Crippen LogP contribution in [0.3, 0.4) is 0 Å². The number of amides is 1. The molecule has 0 aromatic rings. The topological polar surface area (TPSA) is 29.1 Å². The Morgan fingerprint density at radius 2 is 2.22 bits per heavy atom. The lowest BCUT2D eigenvalue weighted by atomic mass is 10.2. The van der Waals surface area contributed by atoms with Crippen LogP contribution < -0.4 is 5.32 Å². The van der Waals surface area contributed by atoms with Gasteiger partial charge in [-0.3, -0.25) is 4.79 Å². The van der Waals surface area contributed by atoms with Gasteiger partial charge in [-0.1, -0.05) is 0 Å². The van der Waals surface area contributed by atoms with Crippen molar-refractivity contribution < 1.29 is 13.6 Å². The smallest absolute Gasteiger partial charge is 0.254 e. The first-order chi connectivity index (χ1) is 3.95. The van der Waals surface area contributed by atoms with Crippen molar-refractivity contribution in [3.8, 4) is 0 Å². The van der Waals surface area contributed by atoms with Crippen LogP contribution in [0.1, 0.15) is 13.3 Å². The molecule has 0 bridgehead atoms. The standard InChI is InChI=1S/C5H8F2NO/c1-5(6,7)3-4(9)8-2/h2-3H2,1H3,(H,8,9). The molecule has 0 aliphatic heterocycles. The zero-order valence-electron chi connectivity index (χ0n) is 5.08. The molecule has 0 spiro atoms. The highest BCUT2D eigenvalue weighted by atomic mass is 19.3. The highest BCUT2D eigenvalue weighted by Gasteiger charge is 2.24. The average molecular weight is 136 g/mol. The van der Waals surface area contributed by atoms with Gasteiger partial charge in [-0.05, 0) is 6.92 Å². The van der Waals surface area contributed by atoms with Gasteiger partial charge in [0, 0.05) is 7.05 Å². The summed E-state index contributed by atoms with van der Waals surface area (Å²) in [6.45, 7) is 0.683. The summed E-state index contributed by atoms with van der Waals surface area (Å²) in [4.78, 5) is 10.2. The third-order valence-electron chi connectivity index (χ3n) is 0.668. The van der Waals surface area contributed by atoms with Crippen molar-refractivity contribution in [3.05, 3.63) is 7.05 Å². The minimum atomic E-state index is -2.93. The highest BCUT2D eigenvalue weighted by molar-refractivity contribution is 5.76. The van der Waals surface area contributed by atoms with Gasteiger partial charge in [0.05, 0.1) is 6.42 Å². The first-order valence-corrected chi connectivity index (χ1v) is 2.39. The highest BCUT2D eigenvalue weighted by Crippen LogP contribution is 2.15. The van der Waals surface area contributed by atoms with Crippen LogP contribution in [0.2, 0.25) is 0 Å². The van der Waals surface area contributed by atoms with E-state index in [2.05, 4.69) is 7.05 Å². The lowest BCUT2D eigenvalue weighted by molar-refractivity contribution is -0.126. The predicted molar refractivity (Wildman–Crippen MR) is 28.7 cm³/mol. The molecule has 1 N–H and O–H groups in total. The van der Waals surface area contributed by atoms with Gasteiger partial charge < -0.3 is 5.32 Å². The van der Waals surface area contributed by atoms with Crippen molar-refractivity contribution in [2.45, 2.75) is 19.3 Å². The van der Waals surface area contributed by atoms with Gasteiger partial charge in [-0.25, -0.2) is 8.78 Å². The van der Waals surface area contributed by atoms with Crippen LogP contribution in [-0.4, -0.2) is 11.8 Å². The predicted octanol–water partition coefficient (Wildman–Crippen LogP) is 0.939. The first kappa shape index (κ1) is 8.33. The van der Waals surface area contributed by atoms with Crippen LogP contribution in [0.25, 0.3) is 0 Å². The Hall–Kier alpha value is -0.670. The summed E-state index contributed by atoms with van der Waals surface area (Å²) in [7, 11) is 2.94. The Bertz CT molecular complexity index is 108. The number of alkyl halides is 2. The van der Waals surface area contributed by atoms with E-state index in [1.165, 1.54) is 0 Å². The number of carbonyl (C=O) groups excluding carboxylic acids is 1. The van der Waals surface area contributed by atoms with Crippen molar-refractivity contribution in [1.29, 1.82) is 0 Å².